The smallest absolute Gasteiger partial charge is 0.219 e. The van der Waals surface area contributed by atoms with E-state index in [1.807, 2.05) is 4.90 Å². The first-order valence-corrected chi connectivity index (χ1v) is 6.35. The third-order valence-corrected chi connectivity index (χ3v) is 3.57. The number of ether oxygens (including phenoxy) is 1. The third-order valence-electron chi connectivity index (χ3n) is 3.57. The van der Waals surface area contributed by atoms with Crippen molar-refractivity contribution < 1.29 is 9.53 Å². The molecule has 2 aliphatic rings. The van der Waals surface area contributed by atoms with Gasteiger partial charge in [-0.05, 0) is 25.7 Å². The van der Waals surface area contributed by atoms with E-state index in [2.05, 4.69) is 5.32 Å². The van der Waals surface area contributed by atoms with Gasteiger partial charge in [0.1, 0.15) is 0 Å². The summed E-state index contributed by atoms with van der Waals surface area (Å²) in [7, 11) is 0. The van der Waals surface area contributed by atoms with Crippen LogP contribution in [0.1, 0.15) is 32.6 Å². The quantitative estimate of drug-likeness (QED) is 0.756. The Bertz CT molecular complexity index is 231. The van der Waals surface area contributed by atoms with Gasteiger partial charge >= 0.3 is 0 Å². The Hall–Kier alpha value is -0.610. The van der Waals surface area contributed by atoms with Crippen LogP contribution < -0.4 is 5.32 Å². The van der Waals surface area contributed by atoms with Crippen LogP contribution in [0.25, 0.3) is 0 Å². The highest BCUT2D eigenvalue weighted by Gasteiger charge is 2.23. The minimum Gasteiger partial charge on any atom is -0.380 e. The molecule has 0 aromatic heterocycles. The van der Waals surface area contributed by atoms with Crippen molar-refractivity contribution in [1.29, 1.82) is 0 Å². The molecule has 0 radical (unpaired) electrons. The predicted octanol–water partition coefficient (Wildman–Crippen LogP) is 0.766. The van der Waals surface area contributed by atoms with E-state index in [-0.39, 0.29) is 5.91 Å². The van der Waals surface area contributed by atoms with E-state index in [0.29, 0.717) is 12.1 Å². The molecule has 2 heterocycles. The lowest BCUT2D eigenvalue weighted by atomic mass is 10.0. The standard InChI is InChI=1S/C12H22N2O2/c1-10(15)14-6-4-11(5-7-14)13-12-3-2-8-16-9-12/h11-13H,2-9H2,1H3. The summed E-state index contributed by atoms with van der Waals surface area (Å²) in [6, 6.07) is 1.10. The molecule has 0 spiro atoms. The molecule has 1 amide bonds. The molecule has 2 saturated heterocycles. The summed E-state index contributed by atoms with van der Waals surface area (Å²) < 4.78 is 5.46. The first-order valence-electron chi connectivity index (χ1n) is 6.35. The number of rotatable bonds is 2. The predicted molar refractivity (Wildman–Crippen MR) is 62.3 cm³/mol. The van der Waals surface area contributed by atoms with Crippen LogP contribution in [0.2, 0.25) is 0 Å². The second-order valence-corrected chi connectivity index (χ2v) is 4.86. The minimum atomic E-state index is 0.208. The van der Waals surface area contributed by atoms with Crippen LogP contribution >= 0.6 is 0 Å². The van der Waals surface area contributed by atoms with Crippen LogP contribution in [-0.4, -0.2) is 49.2 Å². The molecule has 0 aliphatic carbocycles. The summed E-state index contributed by atoms with van der Waals surface area (Å²) >= 11 is 0. The number of likely N-dealkylation sites (tertiary alicyclic amines) is 1. The van der Waals surface area contributed by atoms with Crippen molar-refractivity contribution in [3.05, 3.63) is 0 Å². The number of carbonyl (C=O) groups is 1. The fourth-order valence-electron chi connectivity index (χ4n) is 2.57. The van der Waals surface area contributed by atoms with E-state index >= 15 is 0 Å². The largest absolute Gasteiger partial charge is 0.380 e. The molecule has 16 heavy (non-hydrogen) atoms. The number of amides is 1. The van der Waals surface area contributed by atoms with Crippen LogP contribution in [0.5, 0.6) is 0 Å². The second-order valence-electron chi connectivity index (χ2n) is 4.86. The SMILES string of the molecule is CC(=O)N1CCC(NC2CCCOC2)CC1. The lowest BCUT2D eigenvalue weighted by Gasteiger charge is -2.35. The maximum Gasteiger partial charge on any atom is 0.219 e. The second kappa shape index (κ2) is 5.64. The van der Waals surface area contributed by atoms with Gasteiger partial charge in [0.25, 0.3) is 0 Å². The van der Waals surface area contributed by atoms with Crippen LogP contribution in [-0.2, 0) is 9.53 Å². The van der Waals surface area contributed by atoms with Gasteiger partial charge in [0.15, 0.2) is 0 Å². The molecule has 2 rings (SSSR count). The van der Waals surface area contributed by atoms with Gasteiger partial charge in [0.2, 0.25) is 5.91 Å². The van der Waals surface area contributed by atoms with Crippen molar-refractivity contribution in [3.8, 4) is 0 Å². The summed E-state index contributed by atoms with van der Waals surface area (Å²) in [6.45, 7) is 5.23. The zero-order valence-electron chi connectivity index (χ0n) is 10.1. The molecule has 2 aliphatic heterocycles. The van der Waals surface area contributed by atoms with Crippen LogP contribution in [0.3, 0.4) is 0 Å². The fraction of sp³-hybridized carbons (Fsp3) is 0.917. The van der Waals surface area contributed by atoms with Crippen molar-refractivity contribution in [2.24, 2.45) is 0 Å². The van der Waals surface area contributed by atoms with E-state index in [9.17, 15) is 4.79 Å². The summed E-state index contributed by atoms with van der Waals surface area (Å²) in [5, 5.41) is 3.65. The van der Waals surface area contributed by atoms with E-state index < -0.39 is 0 Å². The molecule has 0 saturated carbocycles. The van der Waals surface area contributed by atoms with E-state index in [1.165, 1.54) is 12.8 Å². The first-order chi connectivity index (χ1) is 7.75. The summed E-state index contributed by atoms with van der Waals surface area (Å²) in [5.74, 6) is 0.208. The molecule has 1 N–H and O–H groups in total. The van der Waals surface area contributed by atoms with Crippen molar-refractivity contribution in [3.63, 3.8) is 0 Å². The normalized spacial score (nSPS) is 28.1. The van der Waals surface area contributed by atoms with Crippen LogP contribution in [0, 0.1) is 0 Å². The number of piperidine rings is 1. The summed E-state index contributed by atoms with van der Waals surface area (Å²) in [6.07, 6.45) is 4.56. The Morgan fingerprint density at radius 1 is 1.25 bits per heavy atom. The molecular formula is C12H22N2O2. The topological polar surface area (TPSA) is 41.6 Å². The van der Waals surface area contributed by atoms with Gasteiger partial charge in [-0.1, -0.05) is 0 Å². The molecule has 4 nitrogen and oxygen atoms in total. The Labute approximate surface area is 97.3 Å². The van der Waals surface area contributed by atoms with Gasteiger partial charge in [0.05, 0.1) is 6.61 Å². The van der Waals surface area contributed by atoms with Gasteiger partial charge < -0.3 is 15.0 Å². The molecular weight excluding hydrogens is 204 g/mol. The number of hydrogen-bond donors (Lipinski definition) is 1. The monoisotopic (exact) mass is 226 g/mol. The zero-order chi connectivity index (χ0) is 11.4. The molecule has 2 fully saturated rings. The minimum absolute atomic E-state index is 0.208. The van der Waals surface area contributed by atoms with E-state index in [0.717, 1.165) is 39.1 Å². The number of carbonyl (C=O) groups excluding carboxylic acids is 1. The highest BCUT2D eigenvalue weighted by molar-refractivity contribution is 5.73. The average Bonchev–Trinajstić information content (AvgIpc) is 2.31. The molecule has 1 unspecified atom stereocenters. The average molecular weight is 226 g/mol. The Morgan fingerprint density at radius 2 is 2.00 bits per heavy atom. The van der Waals surface area contributed by atoms with Gasteiger partial charge in [-0.2, -0.15) is 0 Å². The Morgan fingerprint density at radius 3 is 2.56 bits per heavy atom. The zero-order valence-corrected chi connectivity index (χ0v) is 10.1. The van der Waals surface area contributed by atoms with Crippen molar-refractivity contribution >= 4 is 5.91 Å². The lowest BCUT2D eigenvalue weighted by Crippen LogP contribution is -2.49. The van der Waals surface area contributed by atoms with Gasteiger partial charge in [-0.15, -0.1) is 0 Å². The van der Waals surface area contributed by atoms with Crippen molar-refractivity contribution in [2.45, 2.75) is 44.7 Å². The summed E-state index contributed by atoms with van der Waals surface area (Å²) in [4.78, 5) is 13.1. The molecule has 1 atom stereocenters. The first kappa shape index (κ1) is 11.9. The third kappa shape index (κ3) is 3.19. The van der Waals surface area contributed by atoms with Crippen LogP contribution in [0.15, 0.2) is 0 Å². The molecule has 0 aromatic carbocycles. The number of nitrogens with zero attached hydrogens (tertiary/aromatic N) is 1. The highest BCUT2D eigenvalue weighted by Crippen LogP contribution is 2.14. The Kier molecular flexibility index (Phi) is 4.18. The summed E-state index contributed by atoms with van der Waals surface area (Å²) in [5.41, 5.74) is 0. The maximum absolute atomic E-state index is 11.2. The number of hydrogen-bond acceptors (Lipinski definition) is 3. The molecule has 4 heteroatoms. The maximum atomic E-state index is 11.2. The Balaban J connectivity index is 1.70. The van der Waals surface area contributed by atoms with E-state index in [1.54, 1.807) is 6.92 Å². The molecule has 92 valence electrons. The lowest BCUT2D eigenvalue weighted by molar-refractivity contribution is -0.129. The van der Waals surface area contributed by atoms with Crippen molar-refractivity contribution in [1.82, 2.24) is 10.2 Å². The number of nitrogens with one attached hydrogen (secondary N) is 1. The van der Waals surface area contributed by atoms with Gasteiger partial charge in [-0.25, -0.2) is 0 Å². The molecule has 0 bridgehead atoms. The van der Waals surface area contributed by atoms with Gasteiger partial charge in [-0.3, -0.25) is 4.79 Å². The van der Waals surface area contributed by atoms with Gasteiger partial charge in [0, 0.05) is 38.7 Å². The molecule has 0 aromatic rings. The van der Waals surface area contributed by atoms with Crippen LogP contribution in [0.4, 0.5) is 0 Å². The van der Waals surface area contributed by atoms with E-state index in [4.69, 9.17) is 4.74 Å². The highest BCUT2D eigenvalue weighted by atomic mass is 16.5. The van der Waals surface area contributed by atoms with Crippen molar-refractivity contribution in [2.75, 3.05) is 26.3 Å². The fourth-order valence-corrected chi connectivity index (χ4v) is 2.57.